The van der Waals surface area contributed by atoms with Crippen molar-refractivity contribution in [1.29, 1.82) is 0 Å². The highest BCUT2D eigenvalue weighted by molar-refractivity contribution is 6.02. The summed E-state index contributed by atoms with van der Waals surface area (Å²) in [5.41, 5.74) is 7.85. The highest BCUT2D eigenvalue weighted by Gasteiger charge is 2.28. The maximum Gasteiger partial charge on any atom is 0.410 e. The van der Waals surface area contributed by atoms with E-state index in [1.165, 1.54) is 11.6 Å². The van der Waals surface area contributed by atoms with Gasteiger partial charge < -0.3 is 24.0 Å². The van der Waals surface area contributed by atoms with Crippen molar-refractivity contribution in [1.82, 2.24) is 4.90 Å². The average Bonchev–Trinajstić information content (AvgIpc) is 3.06. The summed E-state index contributed by atoms with van der Waals surface area (Å²) in [6, 6.07) is 29.5. The number of anilines is 1. The number of halogens is 1. The summed E-state index contributed by atoms with van der Waals surface area (Å²) in [5.74, 6) is 1.31. The van der Waals surface area contributed by atoms with Crippen LogP contribution in [0.1, 0.15) is 55.0 Å². The van der Waals surface area contributed by atoms with Crippen LogP contribution < -0.4 is 14.4 Å². The van der Waals surface area contributed by atoms with Crippen molar-refractivity contribution in [2.24, 2.45) is 0 Å². The second kappa shape index (κ2) is 13.3. The minimum atomic E-state index is -0.523. The number of ether oxygens (including phenoxy) is 3. The van der Waals surface area contributed by atoms with E-state index in [0.29, 0.717) is 32.8 Å². The molecule has 0 spiro atoms. The predicted molar refractivity (Wildman–Crippen MR) is 181 cm³/mol. The van der Waals surface area contributed by atoms with Crippen molar-refractivity contribution in [2.75, 3.05) is 38.2 Å². The highest BCUT2D eigenvalue weighted by atomic mass is 19.1. The number of rotatable bonds is 7. The molecule has 1 aliphatic carbocycles. The van der Waals surface area contributed by atoms with E-state index in [1.54, 1.807) is 24.1 Å². The monoisotopic (exact) mass is 620 g/mol. The van der Waals surface area contributed by atoms with Crippen LogP contribution in [0.15, 0.2) is 91.0 Å². The molecule has 0 bridgehead atoms. The molecule has 238 valence electrons. The van der Waals surface area contributed by atoms with Gasteiger partial charge in [0.15, 0.2) is 0 Å². The molecule has 1 saturated heterocycles. The molecule has 46 heavy (non-hydrogen) atoms. The number of methoxy groups -OCH3 is 1. The topological polar surface area (TPSA) is 51.2 Å². The van der Waals surface area contributed by atoms with E-state index in [9.17, 15) is 9.18 Å². The lowest BCUT2D eigenvalue weighted by atomic mass is 9.79. The molecule has 2 aliphatic rings. The largest absolute Gasteiger partial charge is 0.496 e. The number of allylic oxidation sites excluding steroid dienone is 1. The number of piperazine rings is 1. The van der Waals surface area contributed by atoms with Gasteiger partial charge in [-0.25, -0.2) is 9.18 Å². The molecule has 1 amide bonds. The molecule has 4 aromatic rings. The van der Waals surface area contributed by atoms with Gasteiger partial charge in [0.1, 0.15) is 29.5 Å². The molecule has 0 atom stereocenters. The van der Waals surface area contributed by atoms with Gasteiger partial charge in [0, 0.05) is 43.5 Å². The summed E-state index contributed by atoms with van der Waals surface area (Å²) in [6.45, 7) is 8.68. The van der Waals surface area contributed by atoms with Crippen molar-refractivity contribution in [2.45, 2.75) is 45.8 Å². The Morgan fingerprint density at radius 2 is 1.59 bits per heavy atom. The van der Waals surface area contributed by atoms with Crippen molar-refractivity contribution in [3.63, 3.8) is 0 Å². The van der Waals surface area contributed by atoms with Crippen LogP contribution in [0, 0.1) is 5.82 Å². The minimum absolute atomic E-state index is 0.257. The van der Waals surface area contributed by atoms with Crippen LogP contribution >= 0.6 is 0 Å². The quantitative estimate of drug-likeness (QED) is 0.208. The number of amides is 1. The Bertz CT molecular complexity index is 1740. The van der Waals surface area contributed by atoms with E-state index in [0.717, 1.165) is 63.4 Å². The Hall–Kier alpha value is -4.78. The normalized spacial score (nSPS) is 15.0. The summed E-state index contributed by atoms with van der Waals surface area (Å²) < 4.78 is 32.3. The lowest BCUT2D eigenvalue weighted by molar-refractivity contribution is 0.0240. The number of carbonyl (C=O) groups is 1. The molecule has 0 radical (unpaired) electrons. The zero-order valence-corrected chi connectivity index (χ0v) is 27.0. The first-order valence-corrected chi connectivity index (χ1v) is 15.9. The average molecular weight is 621 g/mol. The number of nitrogens with zero attached hydrogens (tertiary/aromatic N) is 2. The molecule has 6 nitrogen and oxygen atoms in total. The van der Waals surface area contributed by atoms with Crippen LogP contribution in [0.2, 0.25) is 0 Å². The Morgan fingerprint density at radius 3 is 2.30 bits per heavy atom. The smallest absolute Gasteiger partial charge is 0.410 e. The van der Waals surface area contributed by atoms with Crippen LogP contribution in [0.5, 0.6) is 11.5 Å². The Morgan fingerprint density at radius 1 is 0.826 bits per heavy atom. The second-order valence-electron chi connectivity index (χ2n) is 12.8. The number of hydrogen-bond donors (Lipinski definition) is 0. The van der Waals surface area contributed by atoms with Crippen LogP contribution in [-0.2, 0) is 17.8 Å². The molecule has 1 aliphatic heterocycles. The molecule has 6 rings (SSSR count). The standard InChI is InChI=1S/C39H41FN2O4/c1-39(2,3)46-38(43)42-21-19-41(20-22-42)31-14-17-35(36(25-31)44-4)37-33(28-11-8-12-30(40)23-28)16-13-29-24-32(15-18-34(29)37)45-26-27-9-6-5-7-10-27/h5-12,14-15,17-18,23-25H,13,16,19-22,26H2,1-4H3. The number of hydrogen-bond acceptors (Lipinski definition) is 5. The van der Waals surface area contributed by atoms with Crippen LogP contribution in [-0.4, -0.2) is 49.9 Å². The van der Waals surface area contributed by atoms with Gasteiger partial charge in [0.05, 0.1) is 7.11 Å². The minimum Gasteiger partial charge on any atom is -0.496 e. The zero-order chi connectivity index (χ0) is 32.3. The summed E-state index contributed by atoms with van der Waals surface area (Å²) in [6.07, 6.45) is 1.29. The Kier molecular flexibility index (Phi) is 9.02. The van der Waals surface area contributed by atoms with Gasteiger partial charge in [-0.3, -0.25) is 0 Å². The predicted octanol–water partition coefficient (Wildman–Crippen LogP) is 8.38. The van der Waals surface area contributed by atoms with Crippen molar-refractivity contribution in [3.05, 3.63) is 125 Å². The van der Waals surface area contributed by atoms with Crippen molar-refractivity contribution < 1.29 is 23.4 Å². The van der Waals surface area contributed by atoms with E-state index in [-0.39, 0.29) is 11.9 Å². The molecule has 1 heterocycles. The van der Waals surface area contributed by atoms with E-state index in [4.69, 9.17) is 14.2 Å². The first kappa shape index (κ1) is 31.2. The van der Waals surface area contributed by atoms with Gasteiger partial charge in [-0.2, -0.15) is 0 Å². The van der Waals surface area contributed by atoms with Gasteiger partial charge in [-0.05, 0) is 103 Å². The van der Waals surface area contributed by atoms with Gasteiger partial charge in [0.2, 0.25) is 0 Å². The van der Waals surface area contributed by atoms with E-state index < -0.39 is 5.60 Å². The molecule has 0 unspecified atom stereocenters. The Labute approximate surface area is 271 Å². The third-order valence-electron chi connectivity index (χ3n) is 8.46. The summed E-state index contributed by atoms with van der Waals surface area (Å²) in [7, 11) is 1.69. The number of aryl methyl sites for hydroxylation is 1. The van der Waals surface area contributed by atoms with Crippen LogP contribution in [0.4, 0.5) is 14.9 Å². The van der Waals surface area contributed by atoms with Gasteiger partial charge in [0.25, 0.3) is 0 Å². The van der Waals surface area contributed by atoms with Crippen LogP contribution in [0.3, 0.4) is 0 Å². The lowest BCUT2D eigenvalue weighted by Crippen LogP contribution is -2.50. The van der Waals surface area contributed by atoms with Gasteiger partial charge in [-0.1, -0.05) is 48.5 Å². The summed E-state index contributed by atoms with van der Waals surface area (Å²) >= 11 is 0. The molecular formula is C39H41FN2O4. The third-order valence-corrected chi connectivity index (χ3v) is 8.46. The lowest BCUT2D eigenvalue weighted by Gasteiger charge is -2.37. The summed E-state index contributed by atoms with van der Waals surface area (Å²) in [4.78, 5) is 16.6. The number of benzene rings is 4. The highest BCUT2D eigenvalue weighted by Crippen LogP contribution is 2.45. The third kappa shape index (κ3) is 7.04. The van der Waals surface area contributed by atoms with E-state index in [2.05, 4.69) is 47.4 Å². The Balaban J connectivity index is 1.31. The number of carbonyl (C=O) groups excluding carboxylic acids is 1. The zero-order valence-electron chi connectivity index (χ0n) is 27.0. The first-order valence-electron chi connectivity index (χ1n) is 15.9. The molecule has 4 aromatic carbocycles. The summed E-state index contributed by atoms with van der Waals surface area (Å²) in [5, 5.41) is 0. The first-order chi connectivity index (χ1) is 22.2. The molecule has 0 saturated carbocycles. The second-order valence-corrected chi connectivity index (χ2v) is 12.8. The molecular weight excluding hydrogens is 579 g/mol. The van der Waals surface area contributed by atoms with E-state index >= 15 is 0 Å². The fourth-order valence-electron chi connectivity index (χ4n) is 6.23. The van der Waals surface area contributed by atoms with Gasteiger partial charge in [-0.15, -0.1) is 0 Å². The molecule has 0 aromatic heterocycles. The van der Waals surface area contributed by atoms with Crippen molar-refractivity contribution >= 4 is 22.9 Å². The van der Waals surface area contributed by atoms with E-state index in [1.807, 2.05) is 51.1 Å². The van der Waals surface area contributed by atoms with Gasteiger partial charge >= 0.3 is 6.09 Å². The maximum atomic E-state index is 14.5. The molecule has 1 fully saturated rings. The number of fused-ring (bicyclic) bond motifs is 1. The van der Waals surface area contributed by atoms with Crippen LogP contribution in [0.25, 0.3) is 11.1 Å². The van der Waals surface area contributed by atoms with Crippen molar-refractivity contribution in [3.8, 4) is 11.5 Å². The SMILES string of the molecule is COc1cc(N2CCN(C(=O)OC(C)(C)C)CC2)ccc1C1=C(c2cccc(F)c2)CCc2cc(OCc3ccccc3)ccc21. The fraction of sp³-hybridized carbons (Fsp3) is 0.308. The fourth-order valence-corrected chi connectivity index (χ4v) is 6.23. The maximum absolute atomic E-state index is 14.5. The molecule has 0 N–H and O–H groups in total. The molecule has 7 heteroatoms.